The van der Waals surface area contributed by atoms with Gasteiger partial charge in [0, 0.05) is 11.1 Å². The van der Waals surface area contributed by atoms with E-state index in [1.54, 1.807) is 6.20 Å². The molecule has 1 heterocycles. The van der Waals surface area contributed by atoms with Crippen molar-refractivity contribution >= 4 is 16.9 Å². The van der Waals surface area contributed by atoms with Gasteiger partial charge in [0.15, 0.2) is 6.61 Å². The number of hydrogen-bond acceptors (Lipinski definition) is 4. The van der Waals surface area contributed by atoms with E-state index >= 15 is 0 Å². The van der Waals surface area contributed by atoms with Crippen molar-refractivity contribution in [2.24, 2.45) is 0 Å². The van der Waals surface area contributed by atoms with Crippen LogP contribution in [-0.4, -0.2) is 28.0 Å². The van der Waals surface area contributed by atoms with Gasteiger partial charge in [-0.05, 0) is 56.7 Å². The molecular weight excluding hydrogens is 326 g/mol. The Bertz CT molecular complexity index is 905. The zero-order valence-corrected chi connectivity index (χ0v) is 15.3. The summed E-state index contributed by atoms with van der Waals surface area (Å²) in [5.41, 5.74) is 3.27. The normalized spacial score (nSPS) is 11.3. The highest BCUT2D eigenvalue weighted by Crippen LogP contribution is 2.22. The van der Waals surface area contributed by atoms with Crippen LogP contribution >= 0.6 is 0 Å². The fraction of sp³-hybridized carbons (Fsp3) is 0.286. The van der Waals surface area contributed by atoms with Gasteiger partial charge in [0.25, 0.3) is 5.91 Å². The SMILES string of the molecule is CCC(C)(C)NC(=O)COc1ccc(-c2cnc3ccccc3n2)cc1. The van der Waals surface area contributed by atoms with Crippen molar-refractivity contribution < 1.29 is 9.53 Å². The fourth-order valence-corrected chi connectivity index (χ4v) is 2.47. The van der Waals surface area contributed by atoms with Gasteiger partial charge in [-0.3, -0.25) is 9.78 Å². The molecule has 0 atom stereocenters. The molecule has 0 aliphatic carbocycles. The Morgan fingerprint density at radius 2 is 1.77 bits per heavy atom. The molecule has 26 heavy (non-hydrogen) atoms. The lowest BCUT2D eigenvalue weighted by molar-refractivity contribution is -0.124. The zero-order valence-electron chi connectivity index (χ0n) is 15.3. The summed E-state index contributed by atoms with van der Waals surface area (Å²) in [6.07, 6.45) is 2.62. The number of nitrogens with one attached hydrogen (secondary N) is 1. The molecule has 0 unspecified atom stereocenters. The molecule has 1 N–H and O–H groups in total. The highest BCUT2D eigenvalue weighted by atomic mass is 16.5. The number of para-hydroxylation sites is 2. The van der Waals surface area contributed by atoms with Crippen molar-refractivity contribution in [3.8, 4) is 17.0 Å². The van der Waals surface area contributed by atoms with Gasteiger partial charge >= 0.3 is 0 Å². The average Bonchev–Trinajstić information content (AvgIpc) is 2.66. The van der Waals surface area contributed by atoms with Gasteiger partial charge in [-0.1, -0.05) is 19.1 Å². The summed E-state index contributed by atoms with van der Waals surface area (Å²) in [6, 6.07) is 15.3. The number of rotatable bonds is 6. The van der Waals surface area contributed by atoms with E-state index in [-0.39, 0.29) is 18.1 Å². The van der Waals surface area contributed by atoms with Gasteiger partial charge in [-0.25, -0.2) is 4.98 Å². The Hall–Kier alpha value is -2.95. The Kier molecular flexibility index (Phi) is 5.16. The molecule has 3 aromatic rings. The fourth-order valence-electron chi connectivity index (χ4n) is 2.47. The maximum Gasteiger partial charge on any atom is 0.258 e. The molecule has 0 saturated carbocycles. The summed E-state index contributed by atoms with van der Waals surface area (Å²) in [6.45, 7) is 6.02. The molecule has 0 aliphatic heterocycles. The van der Waals surface area contributed by atoms with Crippen LogP contribution in [0.5, 0.6) is 5.75 Å². The number of aromatic nitrogens is 2. The maximum atomic E-state index is 11.9. The largest absolute Gasteiger partial charge is 0.484 e. The number of amides is 1. The molecular formula is C21H23N3O2. The molecule has 5 heteroatoms. The Balaban J connectivity index is 1.65. The van der Waals surface area contributed by atoms with E-state index in [1.165, 1.54) is 0 Å². The molecule has 0 saturated heterocycles. The van der Waals surface area contributed by atoms with Crippen LogP contribution in [0, 0.1) is 0 Å². The molecule has 2 aromatic carbocycles. The lowest BCUT2D eigenvalue weighted by Crippen LogP contribution is -2.44. The molecule has 0 bridgehead atoms. The summed E-state index contributed by atoms with van der Waals surface area (Å²) in [7, 11) is 0. The second kappa shape index (κ2) is 7.52. The van der Waals surface area contributed by atoms with E-state index in [2.05, 4.69) is 15.3 Å². The van der Waals surface area contributed by atoms with Gasteiger partial charge in [0.1, 0.15) is 5.75 Å². The quantitative estimate of drug-likeness (QED) is 0.731. The van der Waals surface area contributed by atoms with Gasteiger partial charge in [0.05, 0.1) is 22.9 Å². The molecule has 3 rings (SSSR count). The van der Waals surface area contributed by atoms with Crippen molar-refractivity contribution in [1.82, 2.24) is 15.3 Å². The first-order chi connectivity index (χ1) is 12.5. The Morgan fingerprint density at radius 1 is 1.08 bits per heavy atom. The van der Waals surface area contributed by atoms with Crippen LogP contribution in [0.4, 0.5) is 0 Å². The highest BCUT2D eigenvalue weighted by molar-refractivity contribution is 5.78. The monoisotopic (exact) mass is 349 g/mol. The van der Waals surface area contributed by atoms with Crippen molar-refractivity contribution in [2.75, 3.05) is 6.61 Å². The second-order valence-corrected chi connectivity index (χ2v) is 6.84. The van der Waals surface area contributed by atoms with Crippen molar-refractivity contribution in [1.29, 1.82) is 0 Å². The standard InChI is InChI=1S/C21H23N3O2/c1-4-21(2,3)24-20(25)14-26-16-11-9-15(10-12-16)19-13-22-17-7-5-6-8-18(17)23-19/h5-13H,4,14H2,1-3H3,(H,24,25). The number of ether oxygens (including phenoxy) is 1. The molecule has 0 spiro atoms. The van der Waals surface area contributed by atoms with Crippen LogP contribution in [-0.2, 0) is 4.79 Å². The highest BCUT2D eigenvalue weighted by Gasteiger charge is 2.17. The number of hydrogen-bond donors (Lipinski definition) is 1. The third-order valence-electron chi connectivity index (χ3n) is 4.33. The van der Waals surface area contributed by atoms with Crippen LogP contribution < -0.4 is 10.1 Å². The third-order valence-corrected chi connectivity index (χ3v) is 4.33. The molecule has 134 valence electrons. The minimum atomic E-state index is -0.223. The first kappa shape index (κ1) is 17.9. The summed E-state index contributed by atoms with van der Waals surface area (Å²) in [5, 5.41) is 2.95. The lowest BCUT2D eigenvalue weighted by Gasteiger charge is -2.24. The zero-order chi connectivity index (χ0) is 18.6. The number of fused-ring (bicyclic) bond motifs is 1. The number of carbonyl (C=O) groups excluding carboxylic acids is 1. The summed E-state index contributed by atoms with van der Waals surface area (Å²) >= 11 is 0. The van der Waals surface area contributed by atoms with Crippen molar-refractivity contribution in [2.45, 2.75) is 32.7 Å². The average molecular weight is 349 g/mol. The van der Waals surface area contributed by atoms with Gasteiger partial charge in [0.2, 0.25) is 0 Å². The predicted molar refractivity (Wildman–Crippen MR) is 103 cm³/mol. The van der Waals surface area contributed by atoms with Crippen molar-refractivity contribution in [3.63, 3.8) is 0 Å². The molecule has 0 aliphatic rings. The van der Waals surface area contributed by atoms with E-state index in [9.17, 15) is 4.79 Å². The minimum absolute atomic E-state index is 0.00143. The molecule has 0 fully saturated rings. The lowest BCUT2D eigenvalue weighted by atomic mass is 10.0. The van der Waals surface area contributed by atoms with Gasteiger partial charge in [-0.2, -0.15) is 0 Å². The van der Waals surface area contributed by atoms with Crippen molar-refractivity contribution in [3.05, 3.63) is 54.7 Å². The molecule has 0 radical (unpaired) electrons. The van der Waals surface area contributed by atoms with E-state index in [0.29, 0.717) is 5.75 Å². The van der Waals surface area contributed by atoms with Crippen LogP contribution in [0.15, 0.2) is 54.7 Å². The summed E-state index contributed by atoms with van der Waals surface area (Å²) in [4.78, 5) is 21.0. The van der Waals surface area contributed by atoms with Gasteiger partial charge in [-0.15, -0.1) is 0 Å². The Labute approximate surface area is 153 Å². The van der Waals surface area contributed by atoms with E-state index in [0.717, 1.165) is 28.7 Å². The van der Waals surface area contributed by atoms with Crippen LogP contribution in [0.3, 0.4) is 0 Å². The molecule has 1 aromatic heterocycles. The summed E-state index contributed by atoms with van der Waals surface area (Å²) in [5.74, 6) is 0.522. The smallest absolute Gasteiger partial charge is 0.258 e. The topological polar surface area (TPSA) is 64.1 Å². The predicted octanol–water partition coefficient (Wildman–Crippen LogP) is 3.98. The molecule has 5 nitrogen and oxygen atoms in total. The third kappa shape index (κ3) is 4.36. The van der Waals surface area contributed by atoms with Crippen LogP contribution in [0.2, 0.25) is 0 Å². The van der Waals surface area contributed by atoms with E-state index in [4.69, 9.17) is 4.74 Å². The first-order valence-electron chi connectivity index (χ1n) is 8.73. The number of nitrogens with zero attached hydrogens (tertiary/aromatic N) is 2. The number of carbonyl (C=O) groups is 1. The first-order valence-corrected chi connectivity index (χ1v) is 8.73. The number of benzene rings is 2. The van der Waals surface area contributed by atoms with E-state index in [1.807, 2.05) is 69.3 Å². The molecule has 1 amide bonds. The second-order valence-electron chi connectivity index (χ2n) is 6.84. The van der Waals surface area contributed by atoms with Gasteiger partial charge < -0.3 is 10.1 Å². The summed E-state index contributed by atoms with van der Waals surface area (Å²) < 4.78 is 5.57. The maximum absolute atomic E-state index is 11.9. The Morgan fingerprint density at radius 3 is 2.46 bits per heavy atom. The minimum Gasteiger partial charge on any atom is -0.484 e. The van der Waals surface area contributed by atoms with E-state index < -0.39 is 0 Å². The van der Waals surface area contributed by atoms with Crippen LogP contribution in [0.25, 0.3) is 22.3 Å². The van der Waals surface area contributed by atoms with Crippen LogP contribution in [0.1, 0.15) is 27.2 Å².